The lowest BCUT2D eigenvalue weighted by molar-refractivity contribution is 0.0950. The second kappa shape index (κ2) is 7.81. The lowest BCUT2D eigenvalue weighted by Crippen LogP contribution is -2.24. The molecule has 1 saturated heterocycles. The van der Waals surface area contributed by atoms with E-state index in [4.69, 9.17) is 0 Å². The number of nitrogens with zero attached hydrogens (tertiary/aromatic N) is 1. The molecular formula is C21H21N3OS. The highest BCUT2D eigenvalue weighted by molar-refractivity contribution is 7.15. The van der Waals surface area contributed by atoms with E-state index in [9.17, 15) is 4.79 Å². The highest BCUT2D eigenvalue weighted by Crippen LogP contribution is 2.27. The van der Waals surface area contributed by atoms with Gasteiger partial charge in [-0.3, -0.25) is 9.78 Å². The van der Waals surface area contributed by atoms with Gasteiger partial charge in [0, 0.05) is 23.2 Å². The van der Waals surface area contributed by atoms with Crippen LogP contribution in [0.15, 0.2) is 60.8 Å². The van der Waals surface area contributed by atoms with Crippen molar-refractivity contribution in [2.75, 3.05) is 13.1 Å². The molecule has 1 aromatic carbocycles. The molecule has 0 bridgehead atoms. The number of amides is 1. The molecule has 0 unspecified atom stereocenters. The Morgan fingerprint density at radius 2 is 2.04 bits per heavy atom. The molecule has 26 heavy (non-hydrogen) atoms. The Balaban J connectivity index is 1.44. The Morgan fingerprint density at radius 3 is 2.85 bits per heavy atom. The highest BCUT2D eigenvalue weighted by Gasteiger charge is 2.21. The number of carbonyl (C=O) groups is 1. The van der Waals surface area contributed by atoms with Crippen LogP contribution in [0.1, 0.15) is 33.1 Å². The molecule has 1 fully saturated rings. The van der Waals surface area contributed by atoms with Gasteiger partial charge >= 0.3 is 0 Å². The first-order valence-corrected chi connectivity index (χ1v) is 9.71. The quantitative estimate of drug-likeness (QED) is 0.725. The van der Waals surface area contributed by atoms with Crippen LogP contribution >= 0.6 is 11.3 Å². The van der Waals surface area contributed by atoms with Crippen LogP contribution in [0.2, 0.25) is 0 Å². The number of rotatable bonds is 5. The maximum atomic E-state index is 12.7. The Bertz CT molecular complexity index is 885. The summed E-state index contributed by atoms with van der Waals surface area (Å²) >= 11 is 1.67. The third-order valence-corrected chi connectivity index (χ3v) is 5.82. The zero-order valence-electron chi connectivity index (χ0n) is 14.4. The van der Waals surface area contributed by atoms with Crippen LogP contribution < -0.4 is 10.6 Å². The van der Waals surface area contributed by atoms with Crippen LogP contribution in [0.25, 0.3) is 10.6 Å². The fourth-order valence-corrected chi connectivity index (χ4v) is 4.29. The van der Waals surface area contributed by atoms with Gasteiger partial charge < -0.3 is 10.6 Å². The van der Waals surface area contributed by atoms with Crippen LogP contribution in [-0.2, 0) is 6.54 Å². The van der Waals surface area contributed by atoms with E-state index in [0.717, 1.165) is 46.1 Å². The average Bonchev–Trinajstić information content (AvgIpc) is 3.39. The minimum atomic E-state index is 0.000265. The molecule has 0 aliphatic carbocycles. The van der Waals surface area contributed by atoms with Gasteiger partial charge in [0.25, 0.3) is 5.91 Å². The number of thiophene rings is 1. The topological polar surface area (TPSA) is 54.0 Å². The van der Waals surface area contributed by atoms with Crippen molar-refractivity contribution in [3.8, 4) is 10.6 Å². The summed E-state index contributed by atoms with van der Waals surface area (Å²) in [5, 5.41) is 6.45. The number of benzene rings is 1. The molecule has 4 nitrogen and oxygen atoms in total. The van der Waals surface area contributed by atoms with Gasteiger partial charge in [-0.15, -0.1) is 11.3 Å². The predicted octanol–water partition coefficient (Wildman–Crippen LogP) is 3.82. The molecule has 4 rings (SSSR count). The second-order valence-corrected chi connectivity index (χ2v) is 7.61. The summed E-state index contributed by atoms with van der Waals surface area (Å²) in [6.07, 6.45) is 2.88. The third-order valence-electron chi connectivity index (χ3n) is 4.71. The largest absolute Gasteiger partial charge is 0.347 e. The van der Waals surface area contributed by atoms with Crippen LogP contribution in [0.5, 0.6) is 0 Å². The Morgan fingerprint density at radius 1 is 1.15 bits per heavy atom. The first kappa shape index (κ1) is 16.9. The van der Waals surface area contributed by atoms with Gasteiger partial charge in [0.2, 0.25) is 0 Å². The predicted molar refractivity (Wildman–Crippen MR) is 105 cm³/mol. The van der Waals surface area contributed by atoms with E-state index >= 15 is 0 Å². The van der Waals surface area contributed by atoms with Crippen molar-refractivity contribution < 1.29 is 4.79 Å². The molecule has 1 aliphatic heterocycles. The number of carbonyl (C=O) groups excluding carboxylic acids is 1. The molecule has 132 valence electrons. The lowest BCUT2D eigenvalue weighted by atomic mass is 9.93. The number of pyridine rings is 1. The van der Waals surface area contributed by atoms with E-state index in [1.807, 2.05) is 36.4 Å². The summed E-state index contributed by atoms with van der Waals surface area (Å²) in [6, 6.07) is 18.0. The standard InChI is InChI=1S/C21H21N3OS/c25-21(18-6-2-1-5-17(18)15-10-12-22-13-15)24-14-16-8-9-20(26-16)19-7-3-4-11-23-19/h1-9,11,15,22H,10,12-14H2,(H,24,25)/t15-/m1/s1. The van der Waals surface area contributed by atoms with E-state index in [1.165, 1.54) is 0 Å². The van der Waals surface area contributed by atoms with Crippen LogP contribution in [0.4, 0.5) is 0 Å². The number of hydrogen-bond donors (Lipinski definition) is 2. The van der Waals surface area contributed by atoms with Crippen LogP contribution in [0, 0.1) is 0 Å². The molecule has 0 radical (unpaired) electrons. The summed E-state index contributed by atoms with van der Waals surface area (Å²) in [5.41, 5.74) is 2.91. The van der Waals surface area contributed by atoms with Gasteiger partial charge in [0.15, 0.2) is 0 Å². The summed E-state index contributed by atoms with van der Waals surface area (Å²) in [5.74, 6) is 0.426. The molecule has 3 aromatic rings. The van der Waals surface area contributed by atoms with E-state index in [0.29, 0.717) is 12.5 Å². The zero-order chi connectivity index (χ0) is 17.8. The fraction of sp³-hybridized carbons (Fsp3) is 0.238. The van der Waals surface area contributed by atoms with Gasteiger partial charge in [-0.25, -0.2) is 0 Å². The molecule has 2 aromatic heterocycles. The first-order valence-electron chi connectivity index (χ1n) is 8.89. The molecule has 3 heterocycles. The average molecular weight is 363 g/mol. The summed E-state index contributed by atoms with van der Waals surface area (Å²) < 4.78 is 0. The van der Waals surface area contributed by atoms with Crippen molar-refractivity contribution in [3.05, 3.63) is 76.8 Å². The minimum Gasteiger partial charge on any atom is -0.347 e. The molecule has 1 atom stereocenters. The van der Waals surface area contributed by atoms with Gasteiger partial charge in [-0.2, -0.15) is 0 Å². The molecule has 1 aliphatic rings. The molecule has 2 N–H and O–H groups in total. The van der Waals surface area contributed by atoms with Crippen LogP contribution in [-0.4, -0.2) is 24.0 Å². The molecule has 5 heteroatoms. The highest BCUT2D eigenvalue weighted by atomic mass is 32.1. The fourth-order valence-electron chi connectivity index (χ4n) is 3.36. The molecular weight excluding hydrogens is 342 g/mol. The first-order chi connectivity index (χ1) is 12.8. The van der Waals surface area contributed by atoms with E-state index < -0.39 is 0 Å². The lowest BCUT2D eigenvalue weighted by Gasteiger charge is -2.14. The SMILES string of the molecule is O=C(NCc1ccc(-c2ccccn2)s1)c1ccccc1[C@@H]1CCNC1. The van der Waals surface area contributed by atoms with E-state index in [-0.39, 0.29) is 5.91 Å². The summed E-state index contributed by atoms with van der Waals surface area (Å²) in [7, 11) is 0. The van der Waals surface area contributed by atoms with Crippen molar-refractivity contribution in [3.63, 3.8) is 0 Å². The minimum absolute atomic E-state index is 0.000265. The van der Waals surface area contributed by atoms with E-state index in [1.54, 1.807) is 17.5 Å². The Labute approximate surface area is 157 Å². The van der Waals surface area contributed by atoms with Crippen molar-refractivity contribution in [2.24, 2.45) is 0 Å². The smallest absolute Gasteiger partial charge is 0.251 e. The van der Waals surface area contributed by atoms with Crippen molar-refractivity contribution in [1.29, 1.82) is 0 Å². The normalized spacial score (nSPS) is 16.5. The maximum absolute atomic E-state index is 12.7. The maximum Gasteiger partial charge on any atom is 0.251 e. The zero-order valence-corrected chi connectivity index (χ0v) is 15.3. The van der Waals surface area contributed by atoms with Gasteiger partial charge in [0.05, 0.1) is 17.1 Å². The molecule has 0 spiro atoms. The monoisotopic (exact) mass is 363 g/mol. The van der Waals surface area contributed by atoms with Gasteiger partial charge in [-0.1, -0.05) is 24.3 Å². The summed E-state index contributed by atoms with van der Waals surface area (Å²) in [6.45, 7) is 2.50. The van der Waals surface area contributed by atoms with Gasteiger partial charge in [-0.05, 0) is 54.8 Å². The summed E-state index contributed by atoms with van der Waals surface area (Å²) in [4.78, 5) is 19.4. The Hall–Kier alpha value is -2.50. The van der Waals surface area contributed by atoms with Gasteiger partial charge in [0.1, 0.15) is 0 Å². The van der Waals surface area contributed by atoms with Crippen molar-refractivity contribution in [2.45, 2.75) is 18.9 Å². The van der Waals surface area contributed by atoms with Crippen molar-refractivity contribution >= 4 is 17.2 Å². The molecule has 1 amide bonds. The second-order valence-electron chi connectivity index (χ2n) is 6.44. The third kappa shape index (κ3) is 3.69. The van der Waals surface area contributed by atoms with Crippen molar-refractivity contribution in [1.82, 2.24) is 15.6 Å². The molecule has 0 saturated carbocycles. The van der Waals surface area contributed by atoms with Crippen LogP contribution in [0.3, 0.4) is 0 Å². The number of aromatic nitrogens is 1. The number of nitrogens with one attached hydrogen (secondary N) is 2. The number of hydrogen-bond acceptors (Lipinski definition) is 4. The van der Waals surface area contributed by atoms with E-state index in [2.05, 4.69) is 33.8 Å². The Kier molecular flexibility index (Phi) is 5.09.